The van der Waals surface area contributed by atoms with E-state index < -0.39 is 21.4 Å². The van der Waals surface area contributed by atoms with Crippen LogP contribution in [0.25, 0.3) is 5.69 Å². The first-order chi connectivity index (χ1) is 11.4. The van der Waals surface area contributed by atoms with Crippen LogP contribution in [0.2, 0.25) is 0 Å². The molecule has 1 aromatic carbocycles. The summed E-state index contributed by atoms with van der Waals surface area (Å²) in [6.45, 7) is 2.08. The molecule has 138 valence electrons. The number of nitrogens with two attached hydrogens (primary N) is 1. The van der Waals surface area contributed by atoms with E-state index in [0.29, 0.717) is 12.8 Å². The van der Waals surface area contributed by atoms with Crippen molar-refractivity contribution in [2.75, 3.05) is 6.54 Å². The topological polar surface area (TPSA) is 90.0 Å². The van der Waals surface area contributed by atoms with E-state index in [-0.39, 0.29) is 29.5 Å². The number of benzene rings is 1. The summed E-state index contributed by atoms with van der Waals surface area (Å²) in [5.41, 5.74) is 6.25. The quantitative estimate of drug-likeness (QED) is 0.822. The molecule has 1 saturated carbocycles. The lowest BCUT2D eigenvalue weighted by Gasteiger charge is -2.28. The van der Waals surface area contributed by atoms with E-state index in [1.165, 1.54) is 16.8 Å². The average Bonchev–Trinajstić information content (AvgIpc) is 3.16. The number of sulfonamides is 1. The highest BCUT2D eigenvalue weighted by Gasteiger charge is 2.37. The lowest BCUT2D eigenvalue weighted by atomic mass is 10.0. The third-order valence-corrected chi connectivity index (χ3v) is 6.07. The number of rotatable bonds is 5. The van der Waals surface area contributed by atoms with Crippen LogP contribution in [0.15, 0.2) is 35.5 Å². The van der Waals surface area contributed by atoms with Crippen LogP contribution >= 0.6 is 12.4 Å². The predicted molar refractivity (Wildman–Crippen MR) is 96.1 cm³/mol. The number of hydrogen-bond acceptors (Lipinski definition) is 4. The van der Waals surface area contributed by atoms with E-state index in [1.54, 1.807) is 12.4 Å². The molecule has 1 fully saturated rings. The van der Waals surface area contributed by atoms with Crippen molar-refractivity contribution in [2.45, 2.75) is 43.0 Å². The summed E-state index contributed by atoms with van der Waals surface area (Å²) in [7, 11) is -3.83. The smallest absolute Gasteiger partial charge is 0.241 e. The average molecular weight is 389 g/mol. The minimum Gasteiger partial charge on any atom is -0.329 e. The minimum atomic E-state index is -3.83. The van der Waals surface area contributed by atoms with Gasteiger partial charge in [-0.1, -0.05) is 12.8 Å². The molecule has 0 amide bonds. The maximum Gasteiger partial charge on any atom is 0.241 e. The predicted octanol–water partition coefficient (Wildman–Crippen LogP) is 2.29. The summed E-state index contributed by atoms with van der Waals surface area (Å²) in [6.07, 6.45) is 6.56. The zero-order valence-corrected chi connectivity index (χ0v) is 15.5. The molecular weight excluding hydrogens is 367 g/mol. The Kier molecular flexibility index (Phi) is 5.88. The Morgan fingerprint density at radius 2 is 2.04 bits per heavy atom. The zero-order chi connectivity index (χ0) is 17.4. The molecule has 0 radical (unpaired) electrons. The van der Waals surface area contributed by atoms with Crippen molar-refractivity contribution in [2.24, 2.45) is 5.73 Å². The molecule has 3 rings (SSSR count). The highest BCUT2D eigenvalue weighted by Crippen LogP contribution is 2.30. The Hall–Kier alpha value is -1.48. The Labute approximate surface area is 153 Å². The third kappa shape index (κ3) is 4.03. The summed E-state index contributed by atoms with van der Waals surface area (Å²) in [4.78, 5) is -0.104. The van der Waals surface area contributed by atoms with Crippen LogP contribution in [-0.2, 0) is 10.0 Å². The fourth-order valence-corrected chi connectivity index (χ4v) is 4.61. The molecule has 1 aliphatic carbocycles. The van der Waals surface area contributed by atoms with Crippen molar-refractivity contribution in [1.82, 2.24) is 14.5 Å². The van der Waals surface area contributed by atoms with Crippen LogP contribution in [0.3, 0.4) is 0 Å². The lowest BCUT2D eigenvalue weighted by molar-refractivity contribution is 0.399. The van der Waals surface area contributed by atoms with Crippen molar-refractivity contribution in [1.29, 1.82) is 0 Å². The summed E-state index contributed by atoms with van der Waals surface area (Å²) >= 11 is 0. The molecular formula is C16H22ClFN4O2S. The molecule has 1 aliphatic rings. The zero-order valence-electron chi connectivity index (χ0n) is 13.9. The Bertz CT molecular complexity index is 848. The van der Waals surface area contributed by atoms with Gasteiger partial charge in [-0.25, -0.2) is 22.2 Å². The standard InChI is InChI=1S/C16H21FN4O2S.ClH/c1-12-9-19-21(10-12)15-5-4-13(8-14(15)17)24(22,23)20-16(11-18)6-2-3-7-16;/h4-5,8-10,20H,2-3,6-7,11,18H2,1H3;1H. The van der Waals surface area contributed by atoms with Gasteiger partial charge >= 0.3 is 0 Å². The van der Waals surface area contributed by atoms with E-state index in [0.717, 1.165) is 24.5 Å². The molecule has 0 unspecified atom stereocenters. The van der Waals surface area contributed by atoms with Crippen LogP contribution in [0, 0.1) is 12.7 Å². The fourth-order valence-electron chi connectivity index (χ4n) is 3.13. The van der Waals surface area contributed by atoms with Crippen LogP contribution in [0.5, 0.6) is 0 Å². The van der Waals surface area contributed by atoms with Crippen molar-refractivity contribution in [3.63, 3.8) is 0 Å². The van der Waals surface area contributed by atoms with Crippen LogP contribution in [0.4, 0.5) is 4.39 Å². The van der Waals surface area contributed by atoms with Crippen LogP contribution in [0.1, 0.15) is 31.2 Å². The SMILES string of the molecule is Cc1cnn(-c2ccc(S(=O)(=O)NC3(CN)CCCC3)cc2F)c1.Cl. The number of hydrogen-bond donors (Lipinski definition) is 2. The molecule has 0 atom stereocenters. The Morgan fingerprint density at radius 3 is 2.56 bits per heavy atom. The molecule has 9 heteroatoms. The summed E-state index contributed by atoms with van der Waals surface area (Å²) < 4.78 is 43.7. The van der Waals surface area contributed by atoms with Gasteiger partial charge in [0.15, 0.2) is 0 Å². The second-order valence-electron chi connectivity index (χ2n) is 6.37. The third-order valence-electron chi connectivity index (χ3n) is 4.49. The number of nitrogens with zero attached hydrogens (tertiary/aromatic N) is 2. The lowest BCUT2D eigenvalue weighted by Crippen LogP contribution is -2.51. The highest BCUT2D eigenvalue weighted by molar-refractivity contribution is 7.89. The number of aromatic nitrogens is 2. The van der Waals surface area contributed by atoms with Crippen LogP contribution < -0.4 is 10.5 Å². The monoisotopic (exact) mass is 388 g/mol. The van der Waals surface area contributed by atoms with Gasteiger partial charge in [0, 0.05) is 18.3 Å². The van der Waals surface area contributed by atoms with Gasteiger partial charge in [-0.05, 0) is 43.5 Å². The van der Waals surface area contributed by atoms with E-state index in [2.05, 4.69) is 9.82 Å². The summed E-state index contributed by atoms with van der Waals surface area (Å²) in [5, 5.41) is 4.04. The molecule has 1 aromatic heterocycles. The first-order valence-corrected chi connectivity index (χ1v) is 9.39. The van der Waals surface area contributed by atoms with Crippen molar-refractivity contribution < 1.29 is 12.8 Å². The van der Waals surface area contributed by atoms with E-state index in [1.807, 2.05) is 6.92 Å². The molecule has 0 saturated heterocycles. The van der Waals surface area contributed by atoms with Gasteiger partial charge in [0.1, 0.15) is 11.5 Å². The molecule has 25 heavy (non-hydrogen) atoms. The molecule has 0 aliphatic heterocycles. The highest BCUT2D eigenvalue weighted by atomic mass is 35.5. The molecule has 1 heterocycles. The molecule has 2 aromatic rings. The van der Waals surface area contributed by atoms with E-state index in [4.69, 9.17) is 5.73 Å². The normalized spacial score (nSPS) is 16.6. The molecule has 6 nitrogen and oxygen atoms in total. The molecule has 0 bridgehead atoms. The summed E-state index contributed by atoms with van der Waals surface area (Å²) in [6, 6.07) is 3.82. The van der Waals surface area contributed by atoms with Gasteiger partial charge in [0.05, 0.1) is 11.1 Å². The molecule has 0 spiro atoms. The first kappa shape index (κ1) is 19.8. The maximum absolute atomic E-state index is 14.4. The van der Waals surface area contributed by atoms with Crippen LogP contribution in [-0.4, -0.2) is 30.3 Å². The van der Waals surface area contributed by atoms with Gasteiger partial charge in [-0.2, -0.15) is 5.10 Å². The summed E-state index contributed by atoms with van der Waals surface area (Å²) in [5.74, 6) is -0.644. The fraction of sp³-hybridized carbons (Fsp3) is 0.438. The van der Waals surface area contributed by atoms with Crippen molar-refractivity contribution >= 4 is 22.4 Å². The van der Waals surface area contributed by atoms with Crippen molar-refractivity contribution in [3.8, 4) is 5.69 Å². The van der Waals surface area contributed by atoms with Gasteiger partial charge in [-0.15, -0.1) is 12.4 Å². The van der Waals surface area contributed by atoms with Gasteiger partial charge < -0.3 is 5.73 Å². The number of halogens is 2. The maximum atomic E-state index is 14.4. The Balaban J connectivity index is 0.00000225. The van der Waals surface area contributed by atoms with Gasteiger partial charge in [0.25, 0.3) is 0 Å². The minimum absolute atomic E-state index is 0. The first-order valence-electron chi connectivity index (χ1n) is 7.90. The second-order valence-corrected chi connectivity index (χ2v) is 8.05. The van der Waals surface area contributed by atoms with Gasteiger partial charge in [-0.3, -0.25) is 0 Å². The number of nitrogens with one attached hydrogen (secondary N) is 1. The van der Waals surface area contributed by atoms with Gasteiger partial charge in [0.2, 0.25) is 10.0 Å². The van der Waals surface area contributed by atoms with E-state index >= 15 is 0 Å². The largest absolute Gasteiger partial charge is 0.329 e. The number of aryl methyl sites for hydroxylation is 1. The Morgan fingerprint density at radius 1 is 1.36 bits per heavy atom. The second kappa shape index (κ2) is 7.41. The van der Waals surface area contributed by atoms with E-state index in [9.17, 15) is 12.8 Å². The van der Waals surface area contributed by atoms with Crippen molar-refractivity contribution in [3.05, 3.63) is 42.0 Å². The molecule has 3 N–H and O–H groups in total.